The third kappa shape index (κ3) is 2.22. The molecule has 0 radical (unpaired) electrons. The molecule has 0 N–H and O–H groups in total. The van der Waals surface area contributed by atoms with Gasteiger partial charge < -0.3 is 4.57 Å². The van der Waals surface area contributed by atoms with Gasteiger partial charge >= 0.3 is 0 Å². The number of aromatic nitrogens is 1. The Bertz CT molecular complexity index is 787. The maximum atomic E-state index is 12.2. The number of carbonyl (C=O) groups excluding carboxylic acids is 1. The number of ketones is 1. The van der Waals surface area contributed by atoms with Crippen LogP contribution in [0, 0.1) is 0 Å². The van der Waals surface area contributed by atoms with E-state index in [1.54, 1.807) is 18.3 Å². The minimum Gasteiger partial charge on any atom is -0.307 e. The molecule has 0 fully saturated rings. The van der Waals surface area contributed by atoms with E-state index in [1.807, 2.05) is 35.7 Å². The average Bonchev–Trinajstić information content (AvgIpc) is 2.96. The number of hydrogen-bond acceptors (Lipinski definition) is 3. The smallest absolute Gasteiger partial charge is 0.258 e. The van der Waals surface area contributed by atoms with E-state index in [0.717, 1.165) is 5.39 Å². The van der Waals surface area contributed by atoms with Crippen LogP contribution in [0.25, 0.3) is 10.8 Å². The third-order valence-electron chi connectivity index (χ3n) is 3.00. The summed E-state index contributed by atoms with van der Waals surface area (Å²) in [6.07, 6.45) is 1.68. The highest BCUT2D eigenvalue weighted by Crippen LogP contribution is 2.11. The minimum atomic E-state index is -0.122. The van der Waals surface area contributed by atoms with Crippen LogP contribution >= 0.6 is 11.3 Å². The van der Waals surface area contributed by atoms with Gasteiger partial charge in [-0.3, -0.25) is 9.59 Å². The molecule has 3 rings (SSSR count). The van der Waals surface area contributed by atoms with Crippen LogP contribution in [0.4, 0.5) is 0 Å². The molecule has 0 spiro atoms. The highest BCUT2D eigenvalue weighted by atomic mass is 32.1. The zero-order valence-electron chi connectivity index (χ0n) is 10.1. The summed E-state index contributed by atoms with van der Waals surface area (Å²) in [4.78, 5) is 24.9. The number of Topliss-reactive ketones (excluding diaryl/α,β-unsaturated/α-hetero) is 1. The Kier molecular flexibility index (Phi) is 3.01. The molecule has 0 bridgehead atoms. The highest BCUT2D eigenvalue weighted by Gasteiger charge is 2.09. The molecule has 4 heteroatoms. The number of fused-ring (bicyclic) bond motifs is 1. The lowest BCUT2D eigenvalue weighted by molar-refractivity contribution is 0.0975. The van der Waals surface area contributed by atoms with E-state index in [-0.39, 0.29) is 17.9 Å². The van der Waals surface area contributed by atoms with Crippen molar-refractivity contribution in [1.82, 2.24) is 4.57 Å². The fraction of sp³-hybridized carbons (Fsp3) is 0.0667. The van der Waals surface area contributed by atoms with Crippen LogP contribution < -0.4 is 5.56 Å². The van der Waals surface area contributed by atoms with Crippen LogP contribution in [0.1, 0.15) is 9.67 Å². The summed E-state index contributed by atoms with van der Waals surface area (Å²) in [6.45, 7) is 0.0875. The van der Waals surface area contributed by atoms with Crippen molar-refractivity contribution in [3.63, 3.8) is 0 Å². The summed E-state index contributed by atoms with van der Waals surface area (Å²) in [5.41, 5.74) is -0.122. The number of nitrogens with zero attached hydrogens (tertiary/aromatic N) is 1. The highest BCUT2D eigenvalue weighted by molar-refractivity contribution is 7.12. The van der Waals surface area contributed by atoms with E-state index < -0.39 is 0 Å². The normalized spacial score (nSPS) is 10.7. The van der Waals surface area contributed by atoms with Crippen molar-refractivity contribution in [2.24, 2.45) is 0 Å². The van der Waals surface area contributed by atoms with Gasteiger partial charge in [-0.2, -0.15) is 0 Å². The summed E-state index contributed by atoms with van der Waals surface area (Å²) in [7, 11) is 0. The quantitative estimate of drug-likeness (QED) is 0.686. The lowest BCUT2D eigenvalue weighted by Gasteiger charge is -2.05. The van der Waals surface area contributed by atoms with Gasteiger partial charge in [0, 0.05) is 11.6 Å². The molecule has 94 valence electrons. The molecule has 0 atom stereocenters. The molecule has 3 nitrogen and oxygen atoms in total. The van der Waals surface area contributed by atoms with Crippen LogP contribution in [0.15, 0.2) is 58.8 Å². The molecule has 0 amide bonds. The van der Waals surface area contributed by atoms with E-state index in [9.17, 15) is 9.59 Å². The van der Waals surface area contributed by atoms with Gasteiger partial charge in [0.1, 0.15) is 0 Å². The van der Waals surface area contributed by atoms with Gasteiger partial charge in [-0.1, -0.05) is 24.3 Å². The van der Waals surface area contributed by atoms with Crippen LogP contribution in [0.5, 0.6) is 0 Å². The fourth-order valence-electron chi connectivity index (χ4n) is 2.02. The Morgan fingerprint density at radius 3 is 2.74 bits per heavy atom. The number of carbonyl (C=O) groups is 1. The zero-order chi connectivity index (χ0) is 13.2. The molecule has 2 heterocycles. The standard InChI is InChI=1S/C15H11NO2S/c17-13(14-6-3-9-19-14)10-16-8-7-11-4-1-2-5-12(11)15(16)18/h1-9H,10H2. The summed E-state index contributed by atoms with van der Waals surface area (Å²) >= 11 is 1.39. The molecular weight excluding hydrogens is 258 g/mol. The summed E-state index contributed by atoms with van der Waals surface area (Å²) < 4.78 is 1.46. The molecular formula is C15H11NO2S. The van der Waals surface area contributed by atoms with E-state index in [1.165, 1.54) is 15.9 Å². The average molecular weight is 269 g/mol. The van der Waals surface area contributed by atoms with Gasteiger partial charge in [-0.25, -0.2) is 0 Å². The number of benzene rings is 1. The molecule has 0 aliphatic rings. The largest absolute Gasteiger partial charge is 0.307 e. The van der Waals surface area contributed by atoms with Crippen molar-refractivity contribution < 1.29 is 4.79 Å². The topological polar surface area (TPSA) is 39.1 Å². The monoisotopic (exact) mass is 269 g/mol. The molecule has 3 aromatic rings. The Labute approximate surface area is 113 Å². The lowest BCUT2D eigenvalue weighted by atomic mass is 10.2. The first-order valence-electron chi connectivity index (χ1n) is 5.90. The Hall–Kier alpha value is -2.20. The molecule has 0 aliphatic carbocycles. The van der Waals surface area contributed by atoms with E-state index in [2.05, 4.69) is 0 Å². The first kappa shape index (κ1) is 11.9. The zero-order valence-corrected chi connectivity index (χ0v) is 10.9. The minimum absolute atomic E-state index is 0.0348. The van der Waals surface area contributed by atoms with Gasteiger partial charge in [0.25, 0.3) is 5.56 Å². The molecule has 0 saturated heterocycles. The predicted molar refractivity (Wildman–Crippen MR) is 76.9 cm³/mol. The molecule has 1 aromatic carbocycles. The molecule has 0 aliphatic heterocycles. The van der Waals surface area contributed by atoms with Crippen LogP contribution in [-0.4, -0.2) is 10.4 Å². The van der Waals surface area contributed by atoms with Crippen molar-refractivity contribution in [1.29, 1.82) is 0 Å². The number of rotatable bonds is 3. The van der Waals surface area contributed by atoms with Crippen molar-refractivity contribution >= 4 is 27.9 Å². The van der Waals surface area contributed by atoms with Crippen molar-refractivity contribution in [3.8, 4) is 0 Å². The lowest BCUT2D eigenvalue weighted by Crippen LogP contribution is -2.23. The van der Waals surface area contributed by atoms with Crippen molar-refractivity contribution in [2.45, 2.75) is 6.54 Å². The van der Waals surface area contributed by atoms with Gasteiger partial charge in [-0.05, 0) is 29.0 Å². The molecule has 19 heavy (non-hydrogen) atoms. The maximum Gasteiger partial charge on any atom is 0.258 e. The van der Waals surface area contributed by atoms with E-state index >= 15 is 0 Å². The van der Waals surface area contributed by atoms with Crippen LogP contribution in [-0.2, 0) is 6.54 Å². The van der Waals surface area contributed by atoms with Gasteiger partial charge in [-0.15, -0.1) is 11.3 Å². The third-order valence-corrected chi connectivity index (χ3v) is 3.91. The molecule has 2 aromatic heterocycles. The van der Waals surface area contributed by atoms with Crippen LogP contribution in [0.2, 0.25) is 0 Å². The molecule has 0 unspecified atom stereocenters. The Morgan fingerprint density at radius 1 is 1.11 bits per heavy atom. The Morgan fingerprint density at radius 2 is 1.95 bits per heavy atom. The summed E-state index contributed by atoms with van der Waals surface area (Å²) in [5.74, 6) is -0.0348. The summed E-state index contributed by atoms with van der Waals surface area (Å²) in [6, 6.07) is 12.9. The number of thiophene rings is 1. The number of pyridine rings is 1. The van der Waals surface area contributed by atoms with E-state index in [4.69, 9.17) is 0 Å². The first-order chi connectivity index (χ1) is 9.25. The predicted octanol–water partition coefficient (Wildman–Crippen LogP) is 2.95. The maximum absolute atomic E-state index is 12.2. The van der Waals surface area contributed by atoms with Crippen molar-refractivity contribution in [2.75, 3.05) is 0 Å². The second-order valence-corrected chi connectivity index (χ2v) is 5.18. The fourth-order valence-corrected chi connectivity index (χ4v) is 2.68. The van der Waals surface area contributed by atoms with Gasteiger partial charge in [0.2, 0.25) is 0 Å². The molecule has 0 saturated carbocycles. The Balaban J connectivity index is 2.00. The summed E-state index contributed by atoms with van der Waals surface area (Å²) in [5, 5.41) is 3.40. The van der Waals surface area contributed by atoms with E-state index in [0.29, 0.717) is 10.3 Å². The van der Waals surface area contributed by atoms with Gasteiger partial charge in [0.15, 0.2) is 5.78 Å². The second kappa shape index (κ2) is 4.82. The SMILES string of the molecule is O=C(Cn1ccc2ccccc2c1=O)c1cccs1. The second-order valence-electron chi connectivity index (χ2n) is 4.24. The van der Waals surface area contributed by atoms with Crippen molar-refractivity contribution in [3.05, 3.63) is 69.3 Å². The number of hydrogen-bond donors (Lipinski definition) is 0. The first-order valence-corrected chi connectivity index (χ1v) is 6.78. The van der Waals surface area contributed by atoms with Gasteiger partial charge in [0.05, 0.1) is 11.4 Å². The van der Waals surface area contributed by atoms with Crippen LogP contribution in [0.3, 0.4) is 0 Å².